The van der Waals surface area contributed by atoms with E-state index in [1.165, 1.54) is 0 Å². The molecule has 4 aromatic rings. The summed E-state index contributed by atoms with van der Waals surface area (Å²) in [4.78, 5) is 53.8. The van der Waals surface area contributed by atoms with Crippen LogP contribution in [0.15, 0.2) is 121 Å². The number of esters is 4. The van der Waals surface area contributed by atoms with Gasteiger partial charge in [0, 0.05) is 20.3 Å². The van der Waals surface area contributed by atoms with Crippen LogP contribution in [0.4, 0.5) is 0 Å². The summed E-state index contributed by atoms with van der Waals surface area (Å²) in [6, 6.07) is 33.0. The van der Waals surface area contributed by atoms with Gasteiger partial charge in [0.25, 0.3) is 0 Å². The Balaban J connectivity index is 1.51. The molecule has 5 rings (SSSR count). The molecule has 0 amide bonds. The quantitative estimate of drug-likeness (QED) is 0.0767. The topological polar surface area (TPSA) is 133 Å². The Morgan fingerprint density at radius 2 is 0.922 bits per heavy atom. The molecule has 0 aliphatic carbocycles. The molecule has 1 heterocycles. The molecule has 1 saturated heterocycles. The fraction of sp³-hybridized carbons (Fsp3) is 0.300. The molecular formula is C40H40O11. The zero-order chi connectivity index (χ0) is 35.8. The normalized spacial score (nSPS) is 19.7. The lowest BCUT2D eigenvalue weighted by Gasteiger charge is -2.44. The van der Waals surface area contributed by atoms with Crippen molar-refractivity contribution in [3.8, 4) is 0 Å². The van der Waals surface area contributed by atoms with Crippen LogP contribution in [0.1, 0.15) is 60.7 Å². The first-order valence-corrected chi connectivity index (χ1v) is 16.7. The lowest BCUT2D eigenvalue weighted by Crippen LogP contribution is -2.63. The number of hydrogen-bond acceptors (Lipinski definition) is 11. The van der Waals surface area contributed by atoms with E-state index >= 15 is 0 Å². The molecule has 4 aromatic carbocycles. The summed E-state index contributed by atoms with van der Waals surface area (Å²) < 4.78 is 41.4. The van der Waals surface area contributed by atoms with Crippen LogP contribution in [-0.2, 0) is 33.2 Å². The molecular weight excluding hydrogens is 656 g/mol. The summed E-state index contributed by atoms with van der Waals surface area (Å²) >= 11 is 0. The minimum absolute atomic E-state index is 0.179. The van der Waals surface area contributed by atoms with E-state index in [4.69, 9.17) is 33.2 Å². The second kappa shape index (κ2) is 19.1. The van der Waals surface area contributed by atoms with E-state index in [0.29, 0.717) is 13.0 Å². The molecule has 266 valence electrons. The van der Waals surface area contributed by atoms with Crippen molar-refractivity contribution < 1.29 is 52.3 Å². The van der Waals surface area contributed by atoms with Crippen LogP contribution in [0.5, 0.6) is 0 Å². The number of benzene rings is 4. The Bertz CT molecular complexity index is 1680. The maximum Gasteiger partial charge on any atom is 0.338 e. The molecule has 5 atom stereocenters. The van der Waals surface area contributed by atoms with Gasteiger partial charge in [-0.05, 0) is 67.8 Å². The van der Waals surface area contributed by atoms with E-state index in [-0.39, 0.29) is 28.9 Å². The summed E-state index contributed by atoms with van der Waals surface area (Å²) in [5.74, 6) is -2.95. The van der Waals surface area contributed by atoms with Gasteiger partial charge in [0.1, 0.15) is 12.7 Å². The van der Waals surface area contributed by atoms with Crippen molar-refractivity contribution in [1.29, 1.82) is 0 Å². The number of methoxy groups -OCH3 is 1. The molecule has 0 aromatic heterocycles. The van der Waals surface area contributed by atoms with Gasteiger partial charge < -0.3 is 33.2 Å². The van der Waals surface area contributed by atoms with Crippen molar-refractivity contribution in [2.75, 3.05) is 26.9 Å². The van der Waals surface area contributed by atoms with Gasteiger partial charge in [0.15, 0.2) is 24.6 Å². The molecule has 0 bridgehead atoms. The number of hydrogen-bond donors (Lipinski definition) is 0. The Hall–Kier alpha value is -5.36. The van der Waals surface area contributed by atoms with E-state index in [9.17, 15) is 19.2 Å². The summed E-state index contributed by atoms with van der Waals surface area (Å²) in [5, 5.41) is 0. The lowest BCUT2D eigenvalue weighted by atomic mass is 9.97. The number of carbonyl (C=O) groups excluding carboxylic acids is 4. The molecule has 11 nitrogen and oxygen atoms in total. The van der Waals surface area contributed by atoms with Crippen molar-refractivity contribution in [2.24, 2.45) is 0 Å². The highest BCUT2D eigenvalue weighted by Gasteiger charge is 2.53. The SMILES string of the molecule is COCCCCCO[C@H]1OC(COC(=O)c2ccccc2)[C@@H](OC(=O)c2ccccc2)[C@@H](OC(=O)c2ccccc2)C1OC(=O)c1ccccc1. The largest absolute Gasteiger partial charge is 0.459 e. The van der Waals surface area contributed by atoms with Crippen LogP contribution in [0.3, 0.4) is 0 Å². The van der Waals surface area contributed by atoms with E-state index in [2.05, 4.69) is 0 Å². The molecule has 51 heavy (non-hydrogen) atoms. The van der Waals surface area contributed by atoms with Crippen LogP contribution >= 0.6 is 0 Å². The first-order chi connectivity index (χ1) is 24.9. The molecule has 1 fully saturated rings. The second-order valence-corrected chi connectivity index (χ2v) is 11.6. The van der Waals surface area contributed by atoms with E-state index in [1.807, 2.05) is 0 Å². The van der Waals surface area contributed by atoms with E-state index < -0.39 is 61.2 Å². The van der Waals surface area contributed by atoms with Gasteiger partial charge in [-0.25, -0.2) is 19.2 Å². The van der Waals surface area contributed by atoms with Gasteiger partial charge in [-0.2, -0.15) is 0 Å². The fourth-order valence-corrected chi connectivity index (χ4v) is 5.39. The van der Waals surface area contributed by atoms with Gasteiger partial charge >= 0.3 is 23.9 Å². The van der Waals surface area contributed by atoms with Crippen molar-refractivity contribution in [3.63, 3.8) is 0 Å². The van der Waals surface area contributed by atoms with Crippen LogP contribution < -0.4 is 0 Å². The highest BCUT2D eigenvalue weighted by Crippen LogP contribution is 2.32. The molecule has 0 N–H and O–H groups in total. The monoisotopic (exact) mass is 696 g/mol. The van der Waals surface area contributed by atoms with Gasteiger partial charge in [-0.3, -0.25) is 0 Å². The predicted octanol–water partition coefficient (Wildman–Crippen LogP) is 6.08. The molecule has 11 heteroatoms. The van der Waals surface area contributed by atoms with Crippen molar-refractivity contribution in [3.05, 3.63) is 144 Å². The Morgan fingerprint density at radius 3 is 1.39 bits per heavy atom. The standard InChI is InChI=1S/C40H40O11/c1-45-25-15-6-16-26-46-40-35(51-39(44)31-23-13-5-14-24-31)34(50-38(43)30-21-11-4-12-22-30)33(49-37(42)29-19-9-3-10-20-29)32(48-40)27-47-36(41)28-17-7-2-8-18-28/h2-5,7-14,17-24,32-35,40H,6,15-16,25-27H2,1H3/t32?,33-,34-,35?,40+/m1/s1. The number of unbranched alkanes of at least 4 members (excludes halogenated alkanes) is 2. The Labute approximate surface area is 296 Å². The highest BCUT2D eigenvalue weighted by molar-refractivity contribution is 5.91. The molecule has 1 aliphatic heterocycles. The highest BCUT2D eigenvalue weighted by atomic mass is 16.7. The molecule has 0 radical (unpaired) electrons. The smallest absolute Gasteiger partial charge is 0.338 e. The number of rotatable bonds is 16. The second-order valence-electron chi connectivity index (χ2n) is 11.6. The summed E-state index contributed by atoms with van der Waals surface area (Å²) in [5.41, 5.74) is 0.920. The average molecular weight is 697 g/mol. The predicted molar refractivity (Wildman–Crippen MR) is 184 cm³/mol. The van der Waals surface area contributed by atoms with Crippen molar-refractivity contribution >= 4 is 23.9 Å². The third-order valence-corrected chi connectivity index (χ3v) is 8.01. The van der Waals surface area contributed by atoms with Gasteiger partial charge in [-0.1, -0.05) is 72.8 Å². The molecule has 2 unspecified atom stereocenters. The molecule has 0 saturated carbocycles. The van der Waals surface area contributed by atoms with Gasteiger partial charge in [-0.15, -0.1) is 0 Å². The van der Waals surface area contributed by atoms with Gasteiger partial charge in [0.05, 0.1) is 22.3 Å². The third-order valence-electron chi connectivity index (χ3n) is 8.01. The third kappa shape index (κ3) is 10.6. The van der Waals surface area contributed by atoms with Gasteiger partial charge in [0.2, 0.25) is 0 Å². The molecule has 1 aliphatic rings. The average Bonchev–Trinajstić information content (AvgIpc) is 3.18. The number of ether oxygens (including phenoxy) is 7. The number of carbonyl (C=O) groups is 4. The first kappa shape index (κ1) is 36.9. The fourth-order valence-electron chi connectivity index (χ4n) is 5.39. The minimum atomic E-state index is -1.47. The molecule has 0 spiro atoms. The van der Waals surface area contributed by atoms with E-state index in [1.54, 1.807) is 128 Å². The van der Waals surface area contributed by atoms with Crippen molar-refractivity contribution in [2.45, 2.75) is 50.0 Å². The van der Waals surface area contributed by atoms with E-state index in [0.717, 1.165) is 12.8 Å². The van der Waals surface area contributed by atoms with Crippen molar-refractivity contribution in [1.82, 2.24) is 0 Å². The van der Waals surface area contributed by atoms with Crippen LogP contribution in [0, 0.1) is 0 Å². The maximum atomic E-state index is 13.7. The lowest BCUT2D eigenvalue weighted by molar-refractivity contribution is -0.298. The zero-order valence-electron chi connectivity index (χ0n) is 28.2. The minimum Gasteiger partial charge on any atom is -0.459 e. The Morgan fingerprint density at radius 1 is 0.510 bits per heavy atom. The van der Waals surface area contributed by atoms with Crippen LogP contribution in [-0.4, -0.2) is 81.5 Å². The first-order valence-electron chi connectivity index (χ1n) is 16.7. The maximum absolute atomic E-state index is 13.7. The summed E-state index contributed by atoms with van der Waals surface area (Å²) in [6.07, 6.45) is -4.67. The summed E-state index contributed by atoms with van der Waals surface area (Å²) in [7, 11) is 1.63. The zero-order valence-corrected chi connectivity index (χ0v) is 28.2. The van der Waals surface area contributed by atoms with Crippen LogP contribution in [0.2, 0.25) is 0 Å². The summed E-state index contributed by atoms with van der Waals surface area (Å²) in [6.45, 7) is 0.336. The Kier molecular flexibility index (Phi) is 13.9. The van der Waals surface area contributed by atoms with Crippen LogP contribution in [0.25, 0.3) is 0 Å².